The van der Waals surface area contributed by atoms with Gasteiger partial charge in [-0.25, -0.2) is 4.39 Å². The molecule has 0 spiro atoms. The van der Waals surface area contributed by atoms with Crippen LogP contribution in [0.3, 0.4) is 0 Å². The van der Waals surface area contributed by atoms with Crippen molar-refractivity contribution in [3.05, 3.63) is 38.9 Å². The molecule has 2 rings (SSSR count). The van der Waals surface area contributed by atoms with E-state index in [2.05, 4.69) is 27.6 Å². The van der Waals surface area contributed by atoms with E-state index in [0.717, 1.165) is 14.3 Å². The molecule has 0 N–H and O–H groups in total. The number of pyridine rings is 1. The summed E-state index contributed by atoms with van der Waals surface area (Å²) in [6.45, 7) is 0. The fourth-order valence-electron chi connectivity index (χ4n) is 1.16. The maximum atomic E-state index is 13.0. The van der Waals surface area contributed by atoms with Gasteiger partial charge in [0.25, 0.3) is 0 Å². The maximum absolute atomic E-state index is 13.0. The minimum Gasteiger partial charge on any atom is -0.263 e. The molecule has 1 aromatic carbocycles. The monoisotopic (exact) mass is 307 g/mol. The zero-order chi connectivity index (χ0) is 9.42. The van der Waals surface area contributed by atoms with Crippen LogP contribution < -0.4 is 0 Å². The highest BCUT2D eigenvalue weighted by Gasteiger charge is 2.04. The van der Waals surface area contributed by atoms with Gasteiger partial charge in [-0.2, -0.15) is 0 Å². The van der Waals surface area contributed by atoms with Gasteiger partial charge in [-0.05, 0) is 34.7 Å². The highest BCUT2D eigenvalue weighted by molar-refractivity contribution is 14.1. The van der Waals surface area contributed by atoms with Crippen LogP contribution in [-0.2, 0) is 0 Å². The Kier molecular flexibility index (Phi) is 2.38. The second kappa shape index (κ2) is 3.38. The third kappa shape index (κ3) is 1.62. The molecule has 1 aromatic heterocycles. The molecule has 66 valence electrons. The first-order chi connectivity index (χ1) is 6.18. The molecule has 4 heteroatoms. The molecule has 2 aromatic rings. The van der Waals surface area contributed by atoms with E-state index in [1.807, 2.05) is 0 Å². The molecule has 0 fully saturated rings. The Morgan fingerprint density at radius 2 is 2.00 bits per heavy atom. The van der Waals surface area contributed by atoms with Crippen molar-refractivity contribution in [1.29, 1.82) is 0 Å². The Morgan fingerprint density at radius 1 is 1.23 bits per heavy atom. The number of hydrogen-bond acceptors (Lipinski definition) is 1. The molecular formula is C9H4ClFIN. The summed E-state index contributed by atoms with van der Waals surface area (Å²) in [4.78, 5) is 3.99. The summed E-state index contributed by atoms with van der Waals surface area (Å²) in [5, 5.41) is 2.00. The van der Waals surface area contributed by atoms with Gasteiger partial charge in [0.2, 0.25) is 0 Å². The third-order valence-electron chi connectivity index (χ3n) is 1.74. The second-order valence-corrected chi connectivity index (χ2v) is 4.17. The molecule has 0 bridgehead atoms. The van der Waals surface area contributed by atoms with Crippen LogP contribution in [0.1, 0.15) is 0 Å². The van der Waals surface area contributed by atoms with Crippen molar-refractivity contribution in [2.75, 3.05) is 0 Å². The average Bonchev–Trinajstić information content (AvgIpc) is 2.07. The van der Waals surface area contributed by atoms with Gasteiger partial charge in [0.15, 0.2) is 0 Å². The Bertz CT molecular complexity index is 472. The number of halogens is 3. The van der Waals surface area contributed by atoms with Gasteiger partial charge in [0, 0.05) is 26.7 Å². The largest absolute Gasteiger partial charge is 0.263 e. The summed E-state index contributed by atoms with van der Waals surface area (Å²) in [5.74, 6) is -0.318. The molecule has 13 heavy (non-hydrogen) atoms. The topological polar surface area (TPSA) is 12.9 Å². The van der Waals surface area contributed by atoms with E-state index in [1.54, 1.807) is 12.4 Å². The van der Waals surface area contributed by atoms with E-state index in [-0.39, 0.29) is 5.82 Å². The lowest BCUT2D eigenvalue weighted by Gasteiger charge is -2.01. The molecule has 0 aliphatic heterocycles. The van der Waals surface area contributed by atoms with Gasteiger partial charge in [-0.1, -0.05) is 11.6 Å². The number of hydrogen-bond donors (Lipinski definition) is 0. The molecule has 0 aliphatic rings. The Balaban J connectivity index is 2.94. The van der Waals surface area contributed by atoms with E-state index >= 15 is 0 Å². The molecule has 0 unspecified atom stereocenters. The first kappa shape index (κ1) is 9.15. The fraction of sp³-hybridized carbons (Fsp3) is 0. The van der Waals surface area contributed by atoms with Crippen molar-refractivity contribution in [2.24, 2.45) is 0 Å². The van der Waals surface area contributed by atoms with Crippen molar-refractivity contribution < 1.29 is 4.39 Å². The molecule has 0 amide bonds. The van der Waals surface area contributed by atoms with Gasteiger partial charge < -0.3 is 0 Å². The summed E-state index contributed by atoms with van der Waals surface area (Å²) in [6, 6.07) is 2.76. The predicted molar refractivity (Wildman–Crippen MR) is 59.4 cm³/mol. The highest BCUT2D eigenvalue weighted by Crippen LogP contribution is 2.27. The summed E-state index contributed by atoms with van der Waals surface area (Å²) < 4.78 is 13.9. The standard InChI is InChI=1S/C9H4ClFIN/c10-8-2-5(11)1-6-7(8)3-13-4-9(6)12/h1-4H. The molecule has 0 aliphatic carbocycles. The van der Waals surface area contributed by atoms with Crippen LogP contribution in [0.2, 0.25) is 5.02 Å². The molecule has 1 nitrogen and oxygen atoms in total. The number of benzene rings is 1. The Morgan fingerprint density at radius 3 is 2.77 bits per heavy atom. The quantitative estimate of drug-likeness (QED) is 0.677. The minimum atomic E-state index is -0.318. The highest BCUT2D eigenvalue weighted by atomic mass is 127. The smallest absolute Gasteiger partial charge is 0.125 e. The van der Waals surface area contributed by atoms with Gasteiger partial charge in [0.1, 0.15) is 5.82 Å². The molecule has 0 saturated heterocycles. The lowest BCUT2D eigenvalue weighted by Crippen LogP contribution is -1.84. The van der Waals surface area contributed by atoms with Gasteiger partial charge >= 0.3 is 0 Å². The molecule has 0 saturated carbocycles. The van der Waals surface area contributed by atoms with E-state index in [9.17, 15) is 4.39 Å². The van der Waals surface area contributed by atoms with Crippen LogP contribution in [-0.4, -0.2) is 4.98 Å². The van der Waals surface area contributed by atoms with Crippen LogP contribution in [0, 0.1) is 9.39 Å². The van der Waals surface area contributed by atoms with Gasteiger partial charge in [-0.15, -0.1) is 0 Å². The molecule has 1 heterocycles. The lowest BCUT2D eigenvalue weighted by atomic mass is 10.2. The lowest BCUT2D eigenvalue weighted by molar-refractivity contribution is 0.629. The molecule has 0 atom stereocenters. The first-order valence-corrected chi connectivity index (χ1v) is 5.02. The van der Waals surface area contributed by atoms with Gasteiger partial charge in [0.05, 0.1) is 5.02 Å². The number of nitrogens with zero attached hydrogens (tertiary/aromatic N) is 1. The predicted octanol–water partition coefficient (Wildman–Crippen LogP) is 3.63. The van der Waals surface area contributed by atoms with Crippen LogP contribution in [0.25, 0.3) is 10.8 Å². The normalized spacial score (nSPS) is 10.7. The zero-order valence-electron chi connectivity index (χ0n) is 6.39. The SMILES string of the molecule is Fc1cc(Cl)c2cncc(I)c2c1. The summed E-state index contributed by atoms with van der Waals surface area (Å²) in [7, 11) is 0. The third-order valence-corrected chi connectivity index (χ3v) is 2.92. The van der Waals surface area contributed by atoms with E-state index in [1.165, 1.54) is 12.1 Å². The summed E-state index contributed by atoms with van der Waals surface area (Å²) in [6.07, 6.45) is 3.32. The van der Waals surface area contributed by atoms with Crippen molar-refractivity contribution in [2.45, 2.75) is 0 Å². The van der Waals surface area contributed by atoms with Crippen LogP contribution >= 0.6 is 34.2 Å². The second-order valence-electron chi connectivity index (χ2n) is 2.60. The zero-order valence-corrected chi connectivity index (χ0v) is 9.30. The van der Waals surface area contributed by atoms with Crippen molar-refractivity contribution in [1.82, 2.24) is 4.98 Å². The Hall–Kier alpha value is -0.420. The van der Waals surface area contributed by atoms with Gasteiger partial charge in [-0.3, -0.25) is 4.98 Å². The molecular weight excluding hydrogens is 303 g/mol. The van der Waals surface area contributed by atoms with E-state index in [4.69, 9.17) is 11.6 Å². The summed E-state index contributed by atoms with van der Waals surface area (Å²) in [5.41, 5.74) is 0. The van der Waals surface area contributed by atoms with Crippen LogP contribution in [0.15, 0.2) is 24.5 Å². The summed E-state index contributed by atoms with van der Waals surface area (Å²) >= 11 is 7.95. The van der Waals surface area contributed by atoms with Crippen molar-refractivity contribution in [3.63, 3.8) is 0 Å². The van der Waals surface area contributed by atoms with Crippen molar-refractivity contribution in [3.8, 4) is 0 Å². The van der Waals surface area contributed by atoms with Crippen molar-refractivity contribution >= 4 is 45.0 Å². The maximum Gasteiger partial charge on any atom is 0.125 e. The number of fused-ring (bicyclic) bond motifs is 1. The number of rotatable bonds is 0. The first-order valence-electron chi connectivity index (χ1n) is 3.57. The molecule has 0 radical (unpaired) electrons. The van der Waals surface area contributed by atoms with Crippen LogP contribution in [0.5, 0.6) is 0 Å². The minimum absolute atomic E-state index is 0.318. The van der Waals surface area contributed by atoms with Crippen LogP contribution in [0.4, 0.5) is 4.39 Å². The van der Waals surface area contributed by atoms with E-state index < -0.39 is 0 Å². The Labute approximate surface area is 93.1 Å². The average molecular weight is 307 g/mol. The number of aromatic nitrogens is 1. The van der Waals surface area contributed by atoms with E-state index in [0.29, 0.717) is 5.02 Å². The fourth-order valence-corrected chi connectivity index (χ4v) is 2.02.